The van der Waals surface area contributed by atoms with Gasteiger partial charge in [0.15, 0.2) is 0 Å². The van der Waals surface area contributed by atoms with Crippen molar-refractivity contribution in [1.29, 1.82) is 0 Å². The summed E-state index contributed by atoms with van der Waals surface area (Å²) in [6, 6.07) is 15.3. The Morgan fingerprint density at radius 1 is 1.03 bits per heavy atom. The topological polar surface area (TPSA) is 93.0 Å². The highest BCUT2D eigenvalue weighted by atomic mass is 16.2. The van der Waals surface area contributed by atoms with Crippen molar-refractivity contribution in [2.24, 2.45) is 0 Å². The zero-order chi connectivity index (χ0) is 20.9. The van der Waals surface area contributed by atoms with Gasteiger partial charge in [0.2, 0.25) is 5.91 Å². The van der Waals surface area contributed by atoms with Crippen LogP contribution in [0.1, 0.15) is 34.3 Å². The van der Waals surface area contributed by atoms with Gasteiger partial charge in [-0.2, -0.15) is 0 Å². The first-order chi connectivity index (χ1) is 14.6. The normalized spacial score (nSPS) is 14.5. The smallest absolute Gasteiger partial charge is 0.253 e. The maximum Gasteiger partial charge on any atom is 0.253 e. The molecule has 4 rings (SSSR count). The van der Waals surface area contributed by atoms with Crippen LogP contribution in [0.2, 0.25) is 0 Å². The molecule has 1 aliphatic heterocycles. The minimum absolute atomic E-state index is 0.00603. The molecule has 0 unspecified atom stereocenters. The molecule has 1 saturated heterocycles. The van der Waals surface area contributed by atoms with E-state index >= 15 is 0 Å². The van der Waals surface area contributed by atoms with Gasteiger partial charge in [0.1, 0.15) is 6.33 Å². The quantitative estimate of drug-likeness (QED) is 0.701. The summed E-state index contributed by atoms with van der Waals surface area (Å²) in [4.78, 5) is 26.9. The Bertz CT molecular complexity index is 991. The molecule has 0 spiro atoms. The van der Waals surface area contributed by atoms with Crippen LogP contribution in [0, 0.1) is 6.92 Å². The number of aryl methyl sites for hydroxylation is 1. The Balaban J connectivity index is 1.25. The standard InChI is InChI=1S/C22H24N6O2/c1-16-2-6-18(7-3-16)22(30)27-12-10-19(11-13-27)24-21(29)14-17-4-8-20(9-5-17)28-15-23-25-26-28/h2-9,15,19H,10-14H2,1H3,(H,24,29). The van der Waals surface area contributed by atoms with E-state index in [4.69, 9.17) is 0 Å². The Labute approximate surface area is 174 Å². The van der Waals surface area contributed by atoms with E-state index in [2.05, 4.69) is 20.8 Å². The molecule has 30 heavy (non-hydrogen) atoms. The number of likely N-dealkylation sites (tertiary alicyclic amines) is 1. The fourth-order valence-corrected chi connectivity index (χ4v) is 3.62. The molecule has 154 valence electrons. The molecule has 1 aromatic heterocycles. The molecule has 0 bridgehead atoms. The van der Waals surface area contributed by atoms with E-state index in [0.717, 1.165) is 29.7 Å². The molecule has 1 aliphatic rings. The molecular weight excluding hydrogens is 380 g/mol. The van der Waals surface area contributed by atoms with Crippen molar-refractivity contribution < 1.29 is 9.59 Å². The number of carbonyl (C=O) groups is 2. The molecule has 0 atom stereocenters. The number of hydrogen-bond acceptors (Lipinski definition) is 5. The van der Waals surface area contributed by atoms with Crippen molar-refractivity contribution in [1.82, 2.24) is 30.4 Å². The van der Waals surface area contributed by atoms with Gasteiger partial charge in [0, 0.05) is 24.7 Å². The van der Waals surface area contributed by atoms with E-state index in [1.807, 2.05) is 60.4 Å². The highest BCUT2D eigenvalue weighted by Gasteiger charge is 2.24. The Kier molecular flexibility index (Phi) is 5.83. The van der Waals surface area contributed by atoms with E-state index in [9.17, 15) is 9.59 Å². The van der Waals surface area contributed by atoms with E-state index in [-0.39, 0.29) is 17.9 Å². The van der Waals surface area contributed by atoms with Crippen LogP contribution in [-0.2, 0) is 11.2 Å². The summed E-state index contributed by atoms with van der Waals surface area (Å²) in [6.07, 6.45) is 3.37. The summed E-state index contributed by atoms with van der Waals surface area (Å²) in [6.45, 7) is 3.31. The summed E-state index contributed by atoms with van der Waals surface area (Å²) in [5.74, 6) is 0.0518. The number of carbonyl (C=O) groups excluding carboxylic acids is 2. The van der Waals surface area contributed by atoms with E-state index in [0.29, 0.717) is 25.1 Å². The molecule has 2 aromatic carbocycles. The first-order valence-electron chi connectivity index (χ1n) is 10.1. The van der Waals surface area contributed by atoms with Gasteiger partial charge in [-0.15, -0.1) is 5.10 Å². The number of amides is 2. The number of rotatable bonds is 5. The van der Waals surface area contributed by atoms with Crippen molar-refractivity contribution in [2.45, 2.75) is 32.2 Å². The first kappa shape index (κ1) is 19.8. The fourth-order valence-electron chi connectivity index (χ4n) is 3.62. The first-order valence-corrected chi connectivity index (χ1v) is 10.1. The number of nitrogens with one attached hydrogen (secondary N) is 1. The van der Waals surface area contributed by atoms with Crippen LogP contribution in [0.3, 0.4) is 0 Å². The zero-order valence-corrected chi connectivity index (χ0v) is 16.9. The van der Waals surface area contributed by atoms with E-state index in [1.54, 1.807) is 4.68 Å². The van der Waals surface area contributed by atoms with Crippen LogP contribution in [-0.4, -0.2) is 56.1 Å². The van der Waals surface area contributed by atoms with E-state index in [1.165, 1.54) is 6.33 Å². The van der Waals surface area contributed by atoms with Crippen LogP contribution in [0.5, 0.6) is 0 Å². The minimum Gasteiger partial charge on any atom is -0.353 e. The van der Waals surface area contributed by atoms with Gasteiger partial charge in [0.05, 0.1) is 12.1 Å². The SMILES string of the molecule is Cc1ccc(C(=O)N2CCC(NC(=O)Cc3ccc(-n4cnnn4)cc3)CC2)cc1. The van der Waals surface area contributed by atoms with Crippen molar-refractivity contribution in [3.8, 4) is 5.69 Å². The van der Waals surface area contributed by atoms with Gasteiger partial charge in [0.25, 0.3) is 5.91 Å². The third kappa shape index (κ3) is 4.71. The maximum absolute atomic E-state index is 12.6. The predicted octanol–water partition coefficient (Wildman–Crippen LogP) is 1.93. The molecule has 1 fully saturated rings. The fraction of sp³-hybridized carbons (Fsp3) is 0.318. The second kappa shape index (κ2) is 8.86. The summed E-state index contributed by atoms with van der Waals surface area (Å²) < 4.78 is 1.57. The average molecular weight is 404 g/mol. The minimum atomic E-state index is -0.00603. The average Bonchev–Trinajstić information content (AvgIpc) is 3.30. The Morgan fingerprint density at radius 3 is 2.37 bits per heavy atom. The van der Waals surface area contributed by atoms with Gasteiger partial charge in [-0.1, -0.05) is 29.8 Å². The van der Waals surface area contributed by atoms with E-state index < -0.39 is 0 Å². The van der Waals surface area contributed by atoms with Crippen molar-refractivity contribution >= 4 is 11.8 Å². The van der Waals surface area contributed by atoms with Gasteiger partial charge in [-0.3, -0.25) is 9.59 Å². The second-order valence-corrected chi connectivity index (χ2v) is 7.60. The molecule has 1 N–H and O–H groups in total. The van der Waals surface area contributed by atoms with Gasteiger partial charge >= 0.3 is 0 Å². The number of nitrogens with zero attached hydrogens (tertiary/aromatic N) is 5. The summed E-state index contributed by atoms with van der Waals surface area (Å²) in [7, 11) is 0. The zero-order valence-electron chi connectivity index (χ0n) is 16.9. The monoisotopic (exact) mass is 404 g/mol. The third-order valence-corrected chi connectivity index (χ3v) is 5.36. The van der Waals surface area contributed by atoms with Crippen molar-refractivity contribution in [3.63, 3.8) is 0 Å². The highest BCUT2D eigenvalue weighted by molar-refractivity contribution is 5.94. The lowest BCUT2D eigenvalue weighted by molar-refractivity contribution is -0.121. The molecule has 3 aromatic rings. The molecule has 0 radical (unpaired) electrons. The van der Waals surface area contributed by atoms with Gasteiger partial charge in [-0.25, -0.2) is 4.68 Å². The van der Waals surface area contributed by atoms with Crippen molar-refractivity contribution in [2.75, 3.05) is 13.1 Å². The molecule has 2 amide bonds. The van der Waals surface area contributed by atoms with Crippen LogP contribution < -0.4 is 5.32 Å². The number of tetrazole rings is 1. The third-order valence-electron chi connectivity index (χ3n) is 5.36. The highest BCUT2D eigenvalue weighted by Crippen LogP contribution is 2.15. The molecular formula is C22H24N6O2. The van der Waals surface area contributed by atoms with Crippen molar-refractivity contribution in [3.05, 3.63) is 71.5 Å². The molecule has 8 nitrogen and oxygen atoms in total. The lowest BCUT2D eigenvalue weighted by Crippen LogP contribution is -2.46. The molecule has 2 heterocycles. The summed E-state index contributed by atoms with van der Waals surface area (Å²) in [5.41, 5.74) is 3.62. The number of benzene rings is 2. The van der Waals surface area contributed by atoms with Crippen LogP contribution in [0.15, 0.2) is 54.9 Å². The maximum atomic E-state index is 12.6. The Hall–Kier alpha value is -3.55. The van der Waals surface area contributed by atoms with Crippen LogP contribution in [0.4, 0.5) is 0 Å². The molecule has 0 aliphatic carbocycles. The molecule has 8 heteroatoms. The Morgan fingerprint density at radius 2 is 1.73 bits per heavy atom. The second-order valence-electron chi connectivity index (χ2n) is 7.60. The number of hydrogen-bond donors (Lipinski definition) is 1. The molecule has 0 saturated carbocycles. The van der Waals surface area contributed by atoms with Crippen LogP contribution >= 0.6 is 0 Å². The van der Waals surface area contributed by atoms with Crippen LogP contribution in [0.25, 0.3) is 5.69 Å². The number of aromatic nitrogens is 4. The lowest BCUT2D eigenvalue weighted by atomic mass is 10.0. The predicted molar refractivity (Wildman–Crippen MR) is 111 cm³/mol. The lowest BCUT2D eigenvalue weighted by Gasteiger charge is -2.32. The summed E-state index contributed by atoms with van der Waals surface area (Å²) >= 11 is 0. The van der Waals surface area contributed by atoms with Gasteiger partial charge < -0.3 is 10.2 Å². The summed E-state index contributed by atoms with van der Waals surface area (Å²) in [5, 5.41) is 14.2. The number of piperidine rings is 1. The van der Waals surface area contributed by atoms with Gasteiger partial charge in [-0.05, 0) is 60.0 Å². The largest absolute Gasteiger partial charge is 0.353 e.